The molecule has 0 amide bonds. The minimum atomic E-state index is 0.695. The van der Waals surface area contributed by atoms with Crippen LogP contribution in [0.1, 0.15) is 12.1 Å². The molecular weight excluding hydrogens is 186 g/mol. The van der Waals surface area contributed by atoms with Crippen LogP contribution in [0.2, 0.25) is 0 Å². The average molecular weight is 196 g/mol. The van der Waals surface area contributed by atoms with Crippen LogP contribution in [0.15, 0.2) is 18.6 Å². The highest BCUT2D eigenvalue weighted by Crippen LogP contribution is 2.12. The Morgan fingerprint density at radius 3 is 3.15 bits per heavy atom. The lowest BCUT2D eigenvalue weighted by Crippen LogP contribution is -1.85. The molecule has 0 fully saturated rings. The summed E-state index contributed by atoms with van der Waals surface area (Å²) in [5.74, 6) is 0.695. The van der Waals surface area contributed by atoms with E-state index in [9.17, 15) is 0 Å². The minimum Gasteiger partial charge on any atom is -0.343 e. The minimum absolute atomic E-state index is 0.695. The summed E-state index contributed by atoms with van der Waals surface area (Å²) in [4.78, 5) is 11.3. The number of aromatic nitrogens is 3. The molecule has 13 heavy (non-hydrogen) atoms. The van der Waals surface area contributed by atoms with Crippen molar-refractivity contribution in [1.29, 1.82) is 0 Å². The number of hydrogen-bond donors (Lipinski definition) is 1. The number of fused-ring (bicyclic) bond motifs is 1. The summed E-state index contributed by atoms with van der Waals surface area (Å²) in [6, 6.07) is 2.07. The number of nitrogens with one attached hydrogen (secondary N) is 1. The van der Waals surface area contributed by atoms with Crippen molar-refractivity contribution in [2.75, 3.05) is 5.88 Å². The molecule has 0 saturated heterocycles. The van der Waals surface area contributed by atoms with Crippen molar-refractivity contribution in [2.24, 2.45) is 0 Å². The standard InChI is InChI=1S/C9H10ClN3/c10-3-1-2-8-4-7-5-11-6-12-9(7)13-8/h4-6H,1-3H2,(H,11,12,13). The molecular formula is C9H10ClN3. The monoisotopic (exact) mass is 195 g/mol. The van der Waals surface area contributed by atoms with E-state index < -0.39 is 0 Å². The highest BCUT2D eigenvalue weighted by atomic mass is 35.5. The molecule has 0 saturated carbocycles. The van der Waals surface area contributed by atoms with Crippen LogP contribution in [0.5, 0.6) is 0 Å². The van der Waals surface area contributed by atoms with Crippen LogP contribution in [-0.2, 0) is 6.42 Å². The summed E-state index contributed by atoms with van der Waals surface area (Å²) in [6.07, 6.45) is 5.31. The Kier molecular flexibility index (Phi) is 2.45. The first kappa shape index (κ1) is 8.51. The lowest BCUT2D eigenvalue weighted by Gasteiger charge is -1.91. The smallest absolute Gasteiger partial charge is 0.140 e. The molecule has 0 unspecified atom stereocenters. The predicted octanol–water partition coefficient (Wildman–Crippen LogP) is 2.13. The van der Waals surface area contributed by atoms with Gasteiger partial charge in [0.1, 0.15) is 12.0 Å². The second-order valence-corrected chi connectivity index (χ2v) is 3.29. The number of aromatic amines is 1. The normalized spacial score (nSPS) is 10.8. The number of alkyl halides is 1. The van der Waals surface area contributed by atoms with Gasteiger partial charge in [-0.1, -0.05) is 0 Å². The van der Waals surface area contributed by atoms with Crippen molar-refractivity contribution in [1.82, 2.24) is 15.0 Å². The summed E-state index contributed by atoms with van der Waals surface area (Å²) in [5, 5.41) is 1.06. The van der Waals surface area contributed by atoms with Crippen LogP contribution < -0.4 is 0 Å². The van der Waals surface area contributed by atoms with Gasteiger partial charge in [0.15, 0.2) is 0 Å². The zero-order valence-electron chi connectivity index (χ0n) is 7.13. The Morgan fingerprint density at radius 2 is 2.38 bits per heavy atom. The zero-order valence-corrected chi connectivity index (χ0v) is 7.88. The van der Waals surface area contributed by atoms with Crippen molar-refractivity contribution < 1.29 is 0 Å². The van der Waals surface area contributed by atoms with Gasteiger partial charge in [-0.15, -0.1) is 11.6 Å². The summed E-state index contributed by atoms with van der Waals surface area (Å²) in [6.45, 7) is 0. The Bertz CT molecular complexity index is 363. The molecule has 4 heteroatoms. The van der Waals surface area contributed by atoms with Gasteiger partial charge in [-0.2, -0.15) is 0 Å². The lowest BCUT2D eigenvalue weighted by molar-refractivity contribution is 0.901. The maximum absolute atomic E-state index is 5.61. The third-order valence-corrected chi connectivity index (χ3v) is 2.20. The van der Waals surface area contributed by atoms with E-state index in [1.54, 1.807) is 6.33 Å². The van der Waals surface area contributed by atoms with E-state index in [0.717, 1.165) is 23.9 Å². The first-order valence-corrected chi connectivity index (χ1v) is 4.77. The molecule has 2 aromatic heterocycles. The first-order valence-electron chi connectivity index (χ1n) is 4.24. The van der Waals surface area contributed by atoms with Gasteiger partial charge in [-0.3, -0.25) is 0 Å². The molecule has 0 aliphatic rings. The maximum Gasteiger partial charge on any atom is 0.140 e. The van der Waals surface area contributed by atoms with E-state index in [4.69, 9.17) is 11.6 Å². The molecule has 0 aliphatic carbocycles. The predicted molar refractivity (Wildman–Crippen MR) is 52.9 cm³/mol. The summed E-state index contributed by atoms with van der Waals surface area (Å²) in [7, 11) is 0. The Morgan fingerprint density at radius 1 is 1.46 bits per heavy atom. The zero-order chi connectivity index (χ0) is 9.10. The van der Waals surface area contributed by atoms with Crippen LogP contribution in [0.3, 0.4) is 0 Å². The van der Waals surface area contributed by atoms with Crippen molar-refractivity contribution in [3.05, 3.63) is 24.3 Å². The second kappa shape index (κ2) is 3.75. The molecule has 0 aromatic carbocycles. The molecule has 2 aromatic rings. The molecule has 0 aliphatic heterocycles. The fraction of sp³-hybridized carbons (Fsp3) is 0.333. The van der Waals surface area contributed by atoms with E-state index >= 15 is 0 Å². The van der Waals surface area contributed by atoms with Crippen molar-refractivity contribution >= 4 is 22.6 Å². The summed E-state index contributed by atoms with van der Waals surface area (Å²) < 4.78 is 0. The lowest BCUT2D eigenvalue weighted by atomic mass is 10.2. The van der Waals surface area contributed by atoms with Crippen molar-refractivity contribution in [2.45, 2.75) is 12.8 Å². The molecule has 68 valence electrons. The van der Waals surface area contributed by atoms with Crippen LogP contribution in [0.25, 0.3) is 11.0 Å². The molecule has 0 bridgehead atoms. The molecule has 2 heterocycles. The Balaban J connectivity index is 2.28. The summed E-state index contributed by atoms with van der Waals surface area (Å²) in [5.41, 5.74) is 2.08. The van der Waals surface area contributed by atoms with E-state index in [1.807, 2.05) is 6.20 Å². The van der Waals surface area contributed by atoms with Gasteiger partial charge in [0, 0.05) is 23.2 Å². The second-order valence-electron chi connectivity index (χ2n) is 2.91. The fourth-order valence-electron chi connectivity index (χ4n) is 1.32. The Labute approximate surface area is 81.2 Å². The molecule has 0 atom stereocenters. The van der Waals surface area contributed by atoms with Gasteiger partial charge in [-0.25, -0.2) is 9.97 Å². The van der Waals surface area contributed by atoms with Crippen LogP contribution >= 0.6 is 11.6 Å². The van der Waals surface area contributed by atoms with Crippen LogP contribution in [0.4, 0.5) is 0 Å². The quantitative estimate of drug-likeness (QED) is 0.763. The molecule has 0 radical (unpaired) electrons. The van der Waals surface area contributed by atoms with Gasteiger partial charge < -0.3 is 4.98 Å². The molecule has 0 spiro atoms. The van der Waals surface area contributed by atoms with E-state index in [1.165, 1.54) is 5.69 Å². The topological polar surface area (TPSA) is 41.6 Å². The SMILES string of the molecule is ClCCCc1cc2cncnc2[nH]1. The number of hydrogen-bond acceptors (Lipinski definition) is 2. The van der Waals surface area contributed by atoms with Gasteiger partial charge in [0.05, 0.1) is 0 Å². The number of aryl methyl sites for hydroxylation is 1. The van der Waals surface area contributed by atoms with E-state index in [0.29, 0.717) is 5.88 Å². The van der Waals surface area contributed by atoms with E-state index in [-0.39, 0.29) is 0 Å². The van der Waals surface area contributed by atoms with Gasteiger partial charge in [0.2, 0.25) is 0 Å². The molecule has 2 rings (SSSR count). The van der Waals surface area contributed by atoms with Crippen LogP contribution in [-0.4, -0.2) is 20.8 Å². The highest BCUT2D eigenvalue weighted by molar-refractivity contribution is 6.17. The third-order valence-electron chi connectivity index (χ3n) is 1.93. The number of rotatable bonds is 3. The average Bonchev–Trinajstić information content (AvgIpc) is 2.57. The highest BCUT2D eigenvalue weighted by Gasteiger charge is 2.00. The number of nitrogens with zero attached hydrogens (tertiary/aromatic N) is 2. The van der Waals surface area contributed by atoms with Crippen molar-refractivity contribution in [3.63, 3.8) is 0 Å². The first-order chi connectivity index (χ1) is 6.40. The number of halogens is 1. The van der Waals surface area contributed by atoms with Gasteiger partial charge >= 0.3 is 0 Å². The van der Waals surface area contributed by atoms with Gasteiger partial charge in [0.25, 0.3) is 0 Å². The largest absolute Gasteiger partial charge is 0.343 e. The van der Waals surface area contributed by atoms with Crippen LogP contribution in [0, 0.1) is 0 Å². The van der Waals surface area contributed by atoms with Gasteiger partial charge in [-0.05, 0) is 18.9 Å². The maximum atomic E-state index is 5.61. The summed E-state index contributed by atoms with van der Waals surface area (Å²) >= 11 is 5.61. The fourth-order valence-corrected chi connectivity index (χ4v) is 1.45. The van der Waals surface area contributed by atoms with E-state index in [2.05, 4.69) is 21.0 Å². The number of H-pyrrole nitrogens is 1. The Hall–Kier alpha value is -1.09. The van der Waals surface area contributed by atoms with Crippen molar-refractivity contribution in [3.8, 4) is 0 Å². The molecule has 1 N–H and O–H groups in total. The third kappa shape index (κ3) is 1.80. The molecule has 3 nitrogen and oxygen atoms in total.